The first kappa shape index (κ1) is 80.7. The SMILES string of the molecule is Cc1ccc(-c2ccc(-c3[c-]cccc3)nc2)cc1.Cc1cccnc1-c1ccc(-c2[c-]cccc2)nc1.[2H]C([2H])([2H])c1ccc(-c2[c-]cccc2)nc1.[2H]C([2H])([2H])c1ccc(-c2[c-]cccc2)nc1.[2H]C([2H])([2H])c1ccc(-c2[c-]cccc2)nc1.[2H]C([2H])([2H])c1ccc(-c2[c-]cccc2)nc1.[2H]C([2H])([2H])c1ccc(-c2ccc(-c3[c-]cccc3)nc2)cc1.[Ir].[Ir].[Ir].[Ir].[c-]1ccccc1-c1ccc(-c2ccccc2)cn1. The molecule has 0 fully saturated rings. The third kappa shape index (κ3) is 32.2. The number of pyridine rings is 9. The van der Waals surface area contributed by atoms with Gasteiger partial charge in [0.25, 0.3) is 0 Å². The summed E-state index contributed by atoms with van der Waals surface area (Å²) in [6.45, 7) is -6.28. The van der Waals surface area contributed by atoms with Crippen LogP contribution in [0.15, 0.2) is 438 Å². The Hall–Kier alpha value is -13.6. The van der Waals surface area contributed by atoms with Crippen molar-refractivity contribution >= 4 is 0 Å². The fourth-order valence-corrected chi connectivity index (χ4v) is 12.3. The summed E-state index contributed by atoms with van der Waals surface area (Å²) in [5.74, 6) is 0. The summed E-state index contributed by atoms with van der Waals surface area (Å²) in [5.41, 5.74) is 26.5. The van der Waals surface area contributed by atoms with Gasteiger partial charge in [-0.1, -0.05) is 193 Å². The molecule has 131 heavy (non-hydrogen) atoms. The molecule has 9 nitrogen and oxygen atoms in total. The zero-order valence-corrected chi connectivity index (χ0v) is 80.5. The summed E-state index contributed by atoms with van der Waals surface area (Å²) in [4.78, 5) is 38.9. The second-order valence-electron chi connectivity index (χ2n) is 28.1. The molecule has 4 radical (unpaired) electrons. The number of hydrogen-bond donors (Lipinski definition) is 0. The smallest absolute Gasteiger partial charge is 0.0745 e. The molecule has 0 saturated carbocycles. The van der Waals surface area contributed by atoms with Crippen LogP contribution < -0.4 is 0 Å². The third-order valence-corrected chi connectivity index (χ3v) is 19.0. The van der Waals surface area contributed by atoms with Crippen LogP contribution in [0.5, 0.6) is 0 Å². The van der Waals surface area contributed by atoms with Crippen LogP contribution in [0.1, 0.15) is 59.5 Å². The van der Waals surface area contributed by atoms with Crippen molar-refractivity contribution in [2.24, 2.45) is 0 Å². The first-order valence-corrected chi connectivity index (χ1v) is 40.6. The Morgan fingerprint density at radius 2 is 0.389 bits per heavy atom. The molecule has 654 valence electrons. The second kappa shape index (κ2) is 54.6. The number of rotatable bonds is 12. The van der Waals surface area contributed by atoms with Gasteiger partial charge in [-0.25, -0.2) is 0 Å². The summed E-state index contributed by atoms with van der Waals surface area (Å²) in [6.07, 6.45) is 14.9. The van der Waals surface area contributed by atoms with E-state index in [4.69, 9.17) is 20.6 Å². The van der Waals surface area contributed by atoms with Gasteiger partial charge in [0, 0.05) is 162 Å². The molecule has 9 heterocycles. The summed E-state index contributed by atoms with van der Waals surface area (Å²) < 4.78 is 109. The minimum atomic E-state index is -2.09. The second-order valence-corrected chi connectivity index (χ2v) is 28.1. The van der Waals surface area contributed by atoms with Gasteiger partial charge in [0.1, 0.15) is 0 Å². The maximum atomic E-state index is 7.39. The monoisotopic (exact) mass is 2420 g/mol. The fourth-order valence-electron chi connectivity index (χ4n) is 12.3. The normalized spacial score (nSPS) is 12.0. The summed E-state index contributed by atoms with van der Waals surface area (Å²) in [5, 5.41) is 0. The molecule has 0 amide bonds. The van der Waals surface area contributed by atoms with E-state index in [0.29, 0.717) is 5.56 Å². The van der Waals surface area contributed by atoms with E-state index in [1.165, 1.54) is 41.5 Å². The minimum absolute atomic E-state index is 0. The molecule has 0 saturated heterocycles. The van der Waals surface area contributed by atoms with Crippen molar-refractivity contribution in [1.29, 1.82) is 0 Å². The average molecular weight is 2420 g/mol. The standard InChI is InChI=1S/2C18H14N.C17H13N2.C17H12N.4C12H10N.4Ir/c2*1-14-7-9-15(10-8-14)17-11-12-18(19-13-17)16-5-3-2-4-6-16;1-13-6-5-11-18-17(13)15-9-10-16(19-12-15)14-7-3-2-4-8-14;1-3-7-14(8-4-1)16-11-12-17(18-13-16)15-9-5-2-6-10-15;4*1-10-7-8-12(13-9-10)11-5-3-2-4-6-11;;;;/h2*2-5,7-13H,1H3;2-7,9-12H,1H3;1-9,11-13H;4*2-5,7-9H,1H3;;;;/q8*-1;;;;/i1D3;;;;4*1D3;;;;. The Morgan fingerprint density at radius 1 is 0.176 bits per heavy atom. The Balaban J connectivity index is 0.000000185. The molecule has 0 aliphatic rings. The average Bonchev–Trinajstić information content (AvgIpc) is 0.815. The topological polar surface area (TPSA) is 116 Å². The predicted octanol–water partition coefficient (Wildman–Crippen LogP) is 28.6. The quantitative estimate of drug-likeness (QED) is 0.110. The molecule has 0 spiro atoms. The molecule has 0 atom stereocenters. The van der Waals surface area contributed by atoms with Gasteiger partial charge in [-0.05, 0) is 161 Å². The number of benzene rings is 11. The van der Waals surface area contributed by atoms with Crippen molar-refractivity contribution in [3.63, 3.8) is 0 Å². The molecule has 0 aliphatic carbocycles. The molecule has 11 aromatic carbocycles. The molecule has 0 N–H and O–H groups in total. The van der Waals surface area contributed by atoms with Crippen LogP contribution in [0.2, 0.25) is 0 Å². The van der Waals surface area contributed by atoms with E-state index in [1.807, 2.05) is 255 Å². The van der Waals surface area contributed by atoms with Crippen molar-refractivity contribution in [3.8, 4) is 135 Å². The number of nitrogens with zero attached hydrogens (tertiary/aromatic N) is 9. The molecule has 0 unspecified atom stereocenters. The van der Waals surface area contributed by atoms with E-state index in [-0.39, 0.29) is 103 Å². The molecule has 20 rings (SSSR count). The van der Waals surface area contributed by atoms with Crippen molar-refractivity contribution in [2.75, 3.05) is 0 Å². The van der Waals surface area contributed by atoms with Crippen LogP contribution >= 0.6 is 0 Å². The molecule has 0 aliphatic heterocycles. The van der Waals surface area contributed by atoms with Gasteiger partial charge in [0.15, 0.2) is 0 Å². The zero-order chi connectivity index (χ0) is 100. The Bertz CT molecular complexity index is 6740. The van der Waals surface area contributed by atoms with Crippen LogP contribution in [-0.4, -0.2) is 44.9 Å². The van der Waals surface area contributed by atoms with E-state index in [1.54, 1.807) is 97.3 Å². The van der Waals surface area contributed by atoms with Gasteiger partial charge in [-0.15, -0.1) is 287 Å². The van der Waals surface area contributed by atoms with Crippen LogP contribution in [0.25, 0.3) is 135 Å². The van der Waals surface area contributed by atoms with Gasteiger partial charge >= 0.3 is 0 Å². The van der Waals surface area contributed by atoms with Gasteiger partial charge in [0.05, 0.1) is 5.69 Å². The number of aromatic nitrogens is 9. The molecule has 0 bridgehead atoms. The van der Waals surface area contributed by atoms with Crippen molar-refractivity contribution in [3.05, 3.63) is 525 Å². The molecular formula is C118H93Ir4N9-8. The number of hydrogen-bond acceptors (Lipinski definition) is 9. The van der Waals surface area contributed by atoms with Gasteiger partial charge < -0.3 is 39.9 Å². The first-order valence-electron chi connectivity index (χ1n) is 48.1. The Morgan fingerprint density at radius 3 is 0.603 bits per heavy atom. The van der Waals surface area contributed by atoms with Crippen molar-refractivity contribution in [2.45, 2.75) is 48.1 Å². The predicted molar refractivity (Wildman–Crippen MR) is 521 cm³/mol. The Kier molecular flexibility index (Phi) is 33.6. The van der Waals surface area contributed by atoms with E-state index in [2.05, 4.69) is 168 Å². The summed E-state index contributed by atoms with van der Waals surface area (Å²) >= 11 is 0. The molecule has 20 aromatic rings. The van der Waals surface area contributed by atoms with Gasteiger partial charge in [-0.3, -0.25) is 4.98 Å². The van der Waals surface area contributed by atoms with Crippen molar-refractivity contribution < 1.29 is 101 Å². The van der Waals surface area contributed by atoms with E-state index in [9.17, 15) is 0 Å². The van der Waals surface area contributed by atoms with Crippen molar-refractivity contribution in [1.82, 2.24) is 44.9 Å². The van der Waals surface area contributed by atoms with Crippen LogP contribution in [0.4, 0.5) is 0 Å². The number of aryl methyl sites for hydroxylation is 7. The zero-order valence-electron chi connectivity index (χ0n) is 85.9. The minimum Gasteiger partial charge on any atom is -0.304 e. The van der Waals surface area contributed by atoms with Crippen LogP contribution in [0, 0.1) is 96.6 Å². The summed E-state index contributed by atoms with van der Waals surface area (Å²) in [6, 6.07) is 145. The van der Waals surface area contributed by atoms with Gasteiger partial charge in [0.2, 0.25) is 0 Å². The molecule has 9 aromatic heterocycles. The maximum absolute atomic E-state index is 7.39. The largest absolute Gasteiger partial charge is 0.304 e. The van der Waals surface area contributed by atoms with E-state index >= 15 is 0 Å². The Labute approximate surface area is 847 Å². The van der Waals surface area contributed by atoms with Gasteiger partial charge in [-0.2, -0.15) is 0 Å². The van der Waals surface area contributed by atoms with E-state index < -0.39 is 34.3 Å². The fraction of sp³-hybridized carbons (Fsp3) is 0.0593. The first-order chi connectivity index (χ1) is 68.4. The summed E-state index contributed by atoms with van der Waals surface area (Å²) in [7, 11) is 0. The van der Waals surface area contributed by atoms with E-state index in [0.717, 1.165) is 129 Å². The molecular weight excluding hydrogens is 2310 g/mol. The molecule has 13 heteroatoms. The third-order valence-electron chi connectivity index (χ3n) is 19.0. The van der Waals surface area contributed by atoms with Crippen LogP contribution in [0.3, 0.4) is 0 Å². The van der Waals surface area contributed by atoms with Crippen LogP contribution in [-0.2, 0) is 80.4 Å². The maximum Gasteiger partial charge on any atom is 0.0745 e.